The lowest BCUT2D eigenvalue weighted by atomic mass is 10.0. The Kier molecular flexibility index (Phi) is 4.17. The third-order valence-corrected chi connectivity index (χ3v) is 2.75. The highest BCUT2D eigenvalue weighted by molar-refractivity contribution is 9.10. The van der Waals surface area contributed by atoms with Gasteiger partial charge in [0.05, 0.1) is 7.11 Å². The molecule has 1 aromatic rings. The van der Waals surface area contributed by atoms with Crippen molar-refractivity contribution in [2.45, 2.75) is 6.42 Å². The summed E-state index contributed by atoms with van der Waals surface area (Å²) in [6, 6.07) is 3.34. The molecule has 0 saturated heterocycles. The number of hydrogen-bond donors (Lipinski definition) is 2. The average Bonchev–Trinajstić information content (AvgIpc) is 2.18. The Balaban J connectivity index is 3.12. The van der Waals surface area contributed by atoms with Gasteiger partial charge in [0, 0.05) is 4.47 Å². The van der Waals surface area contributed by atoms with Crippen LogP contribution in [0.3, 0.4) is 0 Å². The van der Waals surface area contributed by atoms with Crippen LogP contribution >= 0.6 is 15.9 Å². The molecule has 3 nitrogen and oxygen atoms in total. The Morgan fingerprint density at radius 3 is 2.80 bits per heavy atom. The van der Waals surface area contributed by atoms with Gasteiger partial charge in [-0.2, -0.15) is 0 Å². The second kappa shape index (κ2) is 5.19. The maximum atomic E-state index is 9.52. The van der Waals surface area contributed by atoms with Crippen LogP contribution in [0.5, 0.6) is 11.5 Å². The van der Waals surface area contributed by atoms with Crippen molar-refractivity contribution in [1.82, 2.24) is 0 Å². The van der Waals surface area contributed by atoms with Gasteiger partial charge in [-0.3, -0.25) is 0 Å². The van der Waals surface area contributed by atoms with Crippen molar-refractivity contribution in [1.29, 1.82) is 0 Å². The van der Waals surface area contributed by atoms with Gasteiger partial charge in [0.25, 0.3) is 0 Å². The molecule has 0 aliphatic rings. The minimum absolute atomic E-state index is 0.105. The molecule has 15 heavy (non-hydrogen) atoms. The predicted molar refractivity (Wildman–Crippen MR) is 65.1 cm³/mol. The number of phenols is 1. The smallest absolute Gasteiger partial charge is 0.161 e. The molecule has 0 radical (unpaired) electrons. The van der Waals surface area contributed by atoms with Crippen molar-refractivity contribution in [3.63, 3.8) is 0 Å². The molecular formula is C11H14BrNO2. The third-order valence-electron chi connectivity index (χ3n) is 2.10. The van der Waals surface area contributed by atoms with Gasteiger partial charge in [-0.15, -0.1) is 0 Å². The maximum Gasteiger partial charge on any atom is 0.161 e. The monoisotopic (exact) mass is 271 g/mol. The predicted octanol–water partition coefficient (Wildman–Crippen LogP) is 2.53. The molecule has 0 saturated carbocycles. The van der Waals surface area contributed by atoms with Crippen LogP contribution in [-0.2, 0) is 0 Å². The van der Waals surface area contributed by atoms with E-state index in [2.05, 4.69) is 22.5 Å². The fraction of sp³-hybridized carbons (Fsp3) is 0.273. The standard InChI is InChI=1S/C11H14BrNO2/c1-7(3-4-13)8-5-11(15-2)10(14)6-9(8)12/h5-6,14H,1,3-4,13H2,2H3. The number of methoxy groups -OCH3 is 1. The van der Waals surface area contributed by atoms with Crippen molar-refractivity contribution in [2.75, 3.05) is 13.7 Å². The summed E-state index contributed by atoms with van der Waals surface area (Å²) in [6.07, 6.45) is 0.715. The number of benzene rings is 1. The van der Waals surface area contributed by atoms with Crippen molar-refractivity contribution in [2.24, 2.45) is 5.73 Å². The van der Waals surface area contributed by atoms with E-state index in [1.165, 1.54) is 7.11 Å². The number of halogens is 1. The second-order valence-corrected chi connectivity index (χ2v) is 4.00. The van der Waals surface area contributed by atoms with Gasteiger partial charge in [0.2, 0.25) is 0 Å². The van der Waals surface area contributed by atoms with Crippen molar-refractivity contribution in [3.05, 3.63) is 28.7 Å². The summed E-state index contributed by atoms with van der Waals surface area (Å²) >= 11 is 3.36. The molecule has 1 aromatic carbocycles. The number of aromatic hydroxyl groups is 1. The van der Waals surface area contributed by atoms with Crippen molar-refractivity contribution >= 4 is 21.5 Å². The first-order valence-corrected chi connectivity index (χ1v) is 5.34. The molecule has 0 aromatic heterocycles. The largest absolute Gasteiger partial charge is 0.504 e. The van der Waals surface area contributed by atoms with E-state index in [-0.39, 0.29) is 5.75 Å². The van der Waals surface area contributed by atoms with Crippen molar-refractivity contribution in [3.8, 4) is 11.5 Å². The maximum absolute atomic E-state index is 9.52. The molecule has 0 aliphatic heterocycles. The molecule has 0 fully saturated rings. The zero-order chi connectivity index (χ0) is 11.4. The highest BCUT2D eigenvalue weighted by atomic mass is 79.9. The molecule has 0 heterocycles. The summed E-state index contributed by atoms with van der Waals surface area (Å²) in [5, 5.41) is 9.52. The summed E-state index contributed by atoms with van der Waals surface area (Å²) in [5.41, 5.74) is 7.29. The number of nitrogens with two attached hydrogens (primary N) is 1. The van der Waals surface area contributed by atoms with Gasteiger partial charge in [-0.25, -0.2) is 0 Å². The zero-order valence-electron chi connectivity index (χ0n) is 8.59. The molecule has 82 valence electrons. The van der Waals surface area contributed by atoms with Crippen LogP contribution in [0.15, 0.2) is 23.2 Å². The van der Waals surface area contributed by atoms with Gasteiger partial charge >= 0.3 is 0 Å². The van der Waals surface area contributed by atoms with Crippen LogP contribution in [0, 0.1) is 0 Å². The minimum atomic E-state index is 0.105. The third kappa shape index (κ3) is 2.73. The first kappa shape index (κ1) is 12.1. The normalized spacial score (nSPS) is 10.1. The molecule has 0 atom stereocenters. The van der Waals surface area contributed by atoms with E-state index in [1.807, 2.05) is 0 Å². The Morgan fingerprint density at radius 2 is 2.27 bits per heavy atom. The number of phenolic OH excluding ortho intramolecular Hbond substituents is 1. The molecule has 1 rings (SSSR count). The van der Waals surface area contributed by atoms with Crippen LogP contribution < -0.4 is 10.5 Å². The summed E-state index contributed by atoms with van der Waals surface area (Å²) in [7, 11) is 1.51. The average molecular weight is 272 g/mol. The van der Waals surface area contributed by atoms with Crippen LogP contribution in [0.1, 0.15) is 12.0 Å². The zero-order valence-corrected chi connectivity index (χ0v) is 10.2. The van der Waals surface area contributed by atoms with E-state index in [1.54, 1.807) is 12.1 Å². The lowest BCUT2D eigenvalue weighted by molar-refractivity contribution is 0.373. The number of rotatable bonds is 4. The quantitative estimate of drug-likeness (QED) is 0.885. The van der Waals surface area contributed by atoms with Gasteiger partial charge in [0.15, 0.2) is 11.5 Å². The minimum Gasteiger partial charge on any atom is -0.504 e. The highest BCUT2D eigenvalue weighted by Gasteiger charge is 2.09. The molecule has 4 heteroatoms. The summed E-state index contributed by atoms with van der Waals surface area (Å²) < 4.78 is 5.82. The fourth-order valence-corrected chi connectivity index (χ4v) is 1.90. The Bertz CT molecular complexity index is 377. The van der Waals surface area contributed by atoms with E-state index < -0.39 is 0 Å². The van der Waals surface area contributed by atoms with E-state index in [0.29, 0.717) is 18.7 Å². The van der Waals surface area contributed by atoms with Crippen LogP contribution in [0.25, 0.3) is 5.57 Å². The van der Waals surface area contributed by atoms with E-state index in [0.717, 1.165) is 15.6 Å². The topological polar surface area (TPSA) is 55.5 Å². The summed E-state index contributed by atoms with van der Waals surface area (Å²) in [4.78, 5) is 0. The first-order chi connectivity index (χ1) is 7.10. The highest BCUT2D eigenvalue weighted by Crippen LogP contribution is 2.35. The van der Waals surface area contributed by atoms with E-state index in [9.17, 15) is 5.11 Å². The Labute approximate surface area is 97.7 Å². The molecule has 0 bridgehead atoms. The number of ether oxygens (including phenoxy) is 1. The Morgan fingerprint density at radius 1 is 1.60 bits per heavy atom. The lowest BCUT2D eigenvalue weighted by Crippen LogP contribution is -2.00. The lowest BCUT2D eigenvalue weighted by Gasteiger charge is -2.10. The molecule has 0 aliphatic carbocycles. The first-order valence-electron chi connectivity index (χ1n) is 4.55. The van der Waals surface area contributed by atoms with E-state index >= 15 is 0 Å². The summed E-state index contributed by atoms with van der Waals surface area (Å²) in [6.45, 7) is 4.48. The van der Waals surface area contributed by atoms with Crippen molar-refractivity contribution < 1.29 is 9.84 Å². The van der Waals surface area contributed by atoms with Crippen LogP contribution in [0.2, 0.25) is 0 Å². The SMILES string of the molecule is C=C(CCN)c1cc(OC)c(O)cc1Br. The Hall–Kier alpha value is -1.00. The molecule has 3 N–H and O–H groups in total. The molecule has 0 spiro atoms. The van der Waals surface area contributed by atoms with Crippen LogP contribution in [-0.4, -0.2) is 18.8 Å². The fourth-order valence-electron chi connectivity index (χ4n) is 1.29. The molecular weight excluding hydrogens is 258 g/mol. The molecule has 0 unspecified atom stereocenters. The number of hydrogen-bond acceptors (Lipinski definition) is 3. The van der Waals surface area contributed by atoms with Gasteiger partial charge in [-0.1, -0.05) is 22.5 Å². The van der Waals surface area contributed by atoms with Gasteiger partial charge in [0.1, 0.15) is 0 Å². The van der Waals surface area contributed by atoms with Gasteiger partial charge in [-0.05, 0) is 36.2 Å². The second-order valence-electron chi connectivity index (χ2n) is 3.15. The van der Waals surface area contributed by atoms with Crippen LogP contribution in [0.4, 0.5) is 0 Å². The molecule has 0 amide bonds. The van der Waals surface area contributed by atoms with E-state index in [4.69, 9.17) is 10.5 Å². The summed E-state index contributed by atoms with van der Waals surface area (Å²) in [5.74, 6) is 0.542. The van der Waals surface area contributed by atoms with Gasteiger partial charge < -0.3 is 15.6 Å².